The fraction of sp³-hybridized carbons (Fsp3) is 0.417. The van der Waals surface area contributed by atoms with Gasteiger partial charge in [-0.2, -0.15) is 5.10 Å². The second-order valence-corrected chi connectivity index (χ2v) is 4.00. The number of aliphatic hydroxyl groups is 1. The summed E-state index contributed by atoms with van der Waals surface area (Å²) >= 11 is 0. The topological polar surface area (TPSA) is 43.0 Å². The molecule has 1 N–H and O–H groups in total. The van der Waals surface area contributed by atoms with Crippen molar-refractivity contribution >= 4 is 0 Å². The molecule has 0 spiro atoms. The number of aromatic nitrogens is 3. The maximum Gasteiger partial charge on any atom is 0.0911 e. The zero-order chi connectivity index (χ0) is 11.5. The van der Waals surface area contributed by atoms with Crippen LogP contribution in [0.25, 0.3) is 0 Å². The number of hydrogen-bond donors (Lipinski definition) is 1. The van der Waals surface area contributed by atoms with Crippen LogP contribution in [0.15, 0.2) is 30.6 Å². The Morgan fingerprint density at radius 2 is 2.25 bits per heavy atom. The van der Waals surface area contributed by atoms with Gasteiger partial charge in [0.15, 0.2) is 0 Å². The summed E-state index contributed by atoms with van der Waals surface area (Å²) in [6, 6.07) is 5.94. The number of aryl methyl sites for hydroxylation is 3. The molecule has 0 aliphatic heterocycles. The Morgan fingerprint density at radius 1 is 1.44 bits per heavy atom. The van der Waals surface area contributed by atoms with Crippen molar-refractivity contribution in [3.8, 4) is 0 Å². The number of rotatable bonds is 4. The highest BCUT2D eigenvalue weighted by atomic mass is 16.3. The average Bonchev–Trinajstić information content (AvgIpc) is 2.83. The van der Waals surface area contributed by atoms with Gasteiger partial charge in [0, 0.05) is 43.8 Å². The maximum absolute atomic E-state index is 9.57. The smallest absolute Gasteiger partial charge is 0.0911 e. The molecule has 1 atom stereocenters. The summed E-state index contributed by atoms with van der Waals surface area (Å²) < 4.78 is 3.96. The summed E-state index contributed by atoms with van der Waals surface area (Å²) in [6.45, 7) is 2.66. The Morgan fingerprint density at radius 3 is 2.88 bits per heavy atom. The van der Waals surface area contributed by atoms with Gasteiger partial charge >= 0.3 is 0 Å². The van der Waals surface area contributed by atoms with Gasteiger partial charge in [0.2, 0.25) is 0 Å². The molecule has 4 heteroatoms. The van der Waals surface area contributed by atoms with Gasteiger partial charge in [-0.3, -0.25) is 4.68 Å². The first kappa shape index (κ1) is 11.0. The molecule has 0 radical (unpaired) electrons. The van der Waals surface area contributed by atoms with Crippen LogP contribution in [0.3, 0.4) is 0 Å². The van der Waals surface area contributed by atoms with Gasteiger partial charge in [-0.15, -0.1) is 0 Å². The van der Waals surface area contributed by atoms with Crippen LogP contribution in [0.5, 0.6) is 0 Å². The quantitative estimate of drug-likeness (QED) is 0.847. The molecule has 0 aromatic carbocycles. The standard InChI is InChI=1S/C12H17N3O/c1-10(16)12-4-3-8-15(12)9-6-11-5-7-13-14(11)2/h3-5,7-8,10,16H,6,9H2,1-2H3. The first-order valence-electron chi connectivity index (χ1n) is 5.48. The monoisotopic (exact) mass is 219 g/mol. The van der Waals surface area contributed by atoms with E-state index in [1.807, 2.05) is 36.1 Å². The minimum Gasteiger partial charge on any atom is -0.387 e. The molecule has 16 heavy (non-hydrogen) atoms. The maximum atomic E-state index is 9.57. The summed E-state index contributed by atoms with van der Waals surface area (Å²) in [5.41, 5.74) is 2.16. The second kappa shape index (κ2) is 4.53. The van der Waals surface area contributed by atoms with E-state index < -0.39 is 6.10 Å². The van der Waals surface area contributed by atoms with Crippen molar-refractivity contribution in [3.05, 3.63) is 42.0 Å². The molecule has 0 saturated heterocycles. The predicted molar refractivity (Wildman–Crippen MR) is 62.0 cm³/mol. The lowest BCUT2D eigenvalue weighted by Crippen LogP contribution is -2.08. The number of nitrogens with zero attached hydrogens (tertiary/aromatic N) is 3. The van der Waals surface area contributed by atoms with Crippen LogP contribution in [0.4, 0.5) is 0 Å². The van der Waals surface area contributed by atoms with Crippen LogP contribution < -0.4 is 0 Å². The van der Waals surface area contributed by atoms with Crippen molar-refractivity contribution in [2.45, 2.75) is 26.0 Å². The van der Waals surface area contributed by atoms with Crippen molar-refractivity contribution in [3.63, 3.8) is 0 Å². The van der Waals surface area contributed by atoms with E-state index in [0.717, 1.165) is 18.7 Å². The molecule has 0 bridgehead atoms. The summed E-state index contributed by atoms with van der Waals surface area (Å²) in [6.07, 6.45) is 4.31. The first-order chi connectivity index (χ1) is 7.68. The molecular formula is C12H17N3O. The SMILES string of the molecule is CC(O)c1cccn1CCc1ccnn1C. The largest absolute Gasteiger partial charge is 0.387 e. The third-order valence-electron chi connectivity index (χ3n) is 2.82. The Balaban J connectivity index is 2.05. The predicted octanol–water partition coefficient (Wildman–Crippen LogP) is 1.52. The van der Waals surface area contributed by atoms with Gasteiger partial charge in [-0.25, -0.2) is 0 Å². The zero-order valence-electron chi connectivity index (χ0n) is 9.67. The van der Waals surface area contributed by atoms with Crippen LogP contribution >= 0.6 is 0 Å². The Bertz CT molecular complexity index is 456. The highest BCUT2D eigenvalue weighted by Gasteiger charge is 2.07. The molecule has 0 aliphatic rings. The minimum absolute atomic E-state index is 0.415. The van der Waals surface area contributed by atoms with E-state index in [0.29, 0.717) is 0 Å². The molecule has 0 saturated carbocycles. The van der Waals surface area contributed by atoms with E-state index in [4.69, 9.17) is 0 Å². The average molecular weight is 219 g/mol. The first-order valence-corrected chi connectivity index (χ1v) is 5.48. The molecule has 2 heterocycles. The Labute approximate surface area is 95.1 Å². The lowest BCUT2D eigenvalue weighted by atomic mass is 10.2. The molecular weight excluding hydrogens is 202 g/mol. The second-order valence-electron chi connectivity index (χ2n) is 4.00. The van der Waals surface area contributed by atoms with E-state index in [9.17, 15) is 5.11 Å². The molecule has 2 aromatic rings. The lowest BCUT2D eigenvalue weighted by Gasteiger charge is -2.11. The normalized spacial score (nSPS) is 12.9. The van der Waals surface area contributed by atoms with E-state index >= 15 is 0 Å². The van der Waals surface area contributed by atoms with E-state index in [2.05, 4.69) is 9.67 Å². The Kier molecular flexibility index (Phi) is 3.10. The molecule has 86 valence electrons. The molecule has 2 aromatic heterocycles. The van der Waals surface area contributed by atoms with Crippen LogP contribution in [0.1, 0.15) is 24.4 Å². The molecule has 2 rings (SSSR count). The van der Waals surface area contributed by atoms with Gasteiger partial charge in [0.05, 0.1) is 6.10 Å². The number of aliphatic hydroxyl groups excluding tert-OH is 1. The lowest BCUT2D eigenvalue weighted by molar-refractivity contribution is 0.189. The molecule has 1 unspecified atom stereocenters. The van der Waals surface area contributed by atoms with E-state index in [-0.39, 0.29) is 0 Å². The van der Waals surface area contributed by atoms with Crippen LogP contribution in [0, 0.1) is 0 Å². The van der Waals surface area contributed by atoms with Crippen LogP contribution in [-0.2, 0) is 20.0 Å². The molecule has 0 amide bonds. The zero-order valence-corrected chi connectivity index (χ0v) is 9.67. The van der Waals surface area contributed by atoms with Gasteiger partial charge < -0.3 is 9.67 Å². The van der Waals surface area contributed by atoms with E-state index in [1.165, 1.54) is 5.69 Å². The van der Waals surface area contributed by atoms with Crippen molar-refractivity contribution in [1.82, 2.24) is 14.3 Å². The Hall–Kier alpha value is -1.55. The van der Waals surface area contributed by atoms with E-state index in [1.54, 1.807) is 13.1 Å². The summed E-state index contributed by atoms with van der Waals surface area (Å²) in [4.78, 5) is 0. The summed E-state index contributed by atoms with van der Waals surface area (Å²) in [5.74, 6) is 0. The molecule has 4 nitrogen and oxygen atoms in total. The highest BCUT2D eigenvalue weighted by Crippen LogP contribution is 2.13. The number of hydrogen-bond acceptors (Lipinski definition) is 2. The van der Waals surface area contributed by atoms with Crippen molar-refractivity contribution < 1.29 is 5.11 Å². The van der Waals surface area contributed by atoms with Gasteiger partial charge in [-0.05, 0) is 25.1 Å². The fourth-order valence-corrected chi connectivity index (χ4v) is 1.89. The van der Waals surface area contributed by atoms with Crippen molar-refractivity contribution in [2.75, 3.05) is 0 Å². The van der Waals surface area contributed by atoms with Gasteiger partial charge in [-0.1, -0.05) is 0 Å². The third kappa shape index (κ3) is 2.17. The van der Waals surface area contributed by atoms with Crippen LogP contribution in [-0.4, -0.2) is 19.5 Å². The minimum atomic E-state index is -0.415. The summed E-state index contributed by atoms with van der Waals surface area (Å²) in [7, 11) is 1.95. The van der Waals surface area contributed by atoms with Gasteiger partial charge in [0.25, 0.3) is 0 Å². The third-order valence-corrected chi connectivity index (χ3v) is 2.82. The molecule has 0 fully saturated rings. The van der Waals surface area contributed by atoms with Crippen molar-refractivity contribution in [2.24, 2.45) is 7.05 Å². The highest BCUT2D eigenvalue weighted by molar-refractivity contribution is 5.10. The van der Waals surface area contributed by atoms with Crippen molar-refractivity contribution in [1.29, 1.82) is 0 Å². The van der Waals surface area contributed by atoms with Crippen LogP contribution in [0.2, 0.25) is 0 Å². The molecule has 0 aliphatic carbocycles. The fourth-order valence-electron chi connectivity index (χ4n) is 1.89. The summed E-state index contributed by atoms with van der Waals surface area (Å²) in [5, 5.41) is 13.7. The van der Waals surface area contributed by atoms with Gasteiger partial charge in [0.1, 0.15) is 0 Å².